The number of carbonyl (C=O) groups excluding carboxylic acids is 1. The smallest absolute Gasteiger partial charge is 0.268 e. The van der Waals surface area contributed by atoms with Gasteiger partial charge in [-0.1, -0.05) is 59.6 Å². The van der Waals surface area contributed by atoms with Gasteiger partial charge in [0.05, 0.1) is 0 Å². The Labute approximate surface area is 166 Å². The average molecular weight is 394 g/mol. The molecule has 0 saturated carbocycles. The topological polar surface area (TPSA) is 65.8 Å². The first kappa shape index (κ1) is 18.8. The fraction of sp³-hybridized carbons (Fsp3) is 0.0952. The first-order valence-corrected chi connectivity index (χ1v) is 9.42. The van der Waals surface area contributed by atoms with Crippen molar-refractivity contribution in [2.45, 2.75) is 13.3 Å². The number of aromatic nitrogens is 1. The highest BCUT2D eigenvalue weighted by Crippen LogP contribution is 2.23. The minimum atomic E-state index is -0.506. The number of halogens is 1. The normalized spacial score (nSPS) is 11.1. The van der Waals surface area contributed by atoms with E-state index in [2.05, 4.69) is 34.6 Å². The maximum Gasteiger partial charge on any atom is 0.268 e. The number of hydrogen-bond donors (Lipinski definition) is 1. The lowest BCUT2D eigenvalue weighted by Gasteiger charge is -2.02. The predicted octanol–water partition coefficient (Wildman–Crippen LogP) is 5.24. The van der Waals surface area contributed by atoms with Crippen molar-refractivity contribution < 1.29 is 4.79 Å². The molecule has 1 amide bonds. The molecular formula is C21H16ClN3OS. The number of aryl methyl sites for hydroxylation is 1. The molecule has 0 aliphatic carbocycles. The lowest BCUT2D eigenvalue weighted by atomic mass is 10.1. The van der Waals surface area contributed by atoms with E-state index in [-0.39, 0.29) is 5.57 Å². The van der Waals surface area contributed by atoms with Crippen LogP contribution in [-0.4, -0.2) is 10.9 Å². The molecule has 0 bridgehead atoms. The third-order valence-corrected chi connectivity index (χ3v) is 5.10. The number of hydrogen-bond acceptors (Lipinski definition) is 4. The van der Waals surface area contributed by atoms with E-state index in [1.54, 1.807) is 30.5 Å². The molecule has 2 aromatic carbocycles. The van der Waals surface area contributed by atoms with Crippen LogP contribution in [0.15, 0.2) is 60.3 Å². The summed E-state index contributed by atoms with van der Waals surface area (Å²) in [5.74, 6) is -0.506. The molecule has 0 saturated heterocycles. The maximum absolute atomic E-state index is 12.4. The van der Waals surface area contributed by atoms with Gasteiger partial charge in [-0.2, -0.15) is 5.26 Å². The minimum absolute atomic E-state index is 0.0293. The van der Waals surface area contributed by atoms with Crippen molar-refractivity contribution in [3.05, 3.63) is 86.9 Å². The number of rotatable bonds is 5. The van der Waals surface area contributed by atoms with E-state index in [4.69, 9.17) is 11.6 Å². The summed E-state index contributed by atoms with van der Waals surface area (Å²) in [7, 11) is 0. The summed E-state index contributed by atoms with van der Waals surface area (Å²) in [6.45, 7) is 2.05. The molecule has 1 heterocycles. The van der Waals surface area contributed by atoms with Crippen molar-refractivity contribution in [3.8, 4) is 6.07 Å². The van der Waals surface area contributed by atoms with Crippen molar-refractivity contribution in [2.75, 3.05) is 5.32 Å². The van der Waals surface area contributed by atoms with Gasteiger partial charge in [-0.3, -0.25) is 10.1 Å². The molecule has 1 aromatic heterocycles. The van der Waals surface area contributed by atoms with E-state index >= 15 is 0 Å². The zero-order valence-electron chi connectivity index (χ0n) is 14.6. The molecular weight excluding hydrogens is 378 g/mol. The molecule has 0 aliphatic rings. The number of benzene rings is 2. The minimum Gasteiger partial charge on any atom is -0.297 e. The van der Waals surface area contributed by atoms with Crippen LogP contribution in [0.2, 0.25) is 5.02 Å². The van der Waals surface area contributed by atoms with Gasteiger partial charge in [0, 0.05) is 22.5 Å². The van der Waals surface area contributed by atoms with E-state index in [1.165, 1.54) is 28.5 Å². The Morgan fingerprint density at radius 2 is 2.00 bits per heavy atom. The van der Waals surface area contributed by atoms with E-state index in [0.29, 0.717) is 15.7 Å². The van der Waals surface area contributed by atoms with Gasteiger partial charge in [0.25, 0.3) is 5.91 Å². The highest BCUT2D eigenvalue weighted by molar-refractivity contribution is 7.15. The third-order valence-electron chi connectivity index (χ3n) is 3.84. The molecule has 0 unspecified atom stereocenters. The highest BCUT2D eigenvalue weighted by atomic mass is 35.5. The van der Waals surface area contributed by atoms with Crippen molar-refractivity contribution in [3.63, 3.8) is 0 Å². The molecule has 0 spiro atoms. The second kappa shape index (κ2) is 8.63. The molecule has 1 N–H and O–H groups in total. The second-order valence-corrected chi connectivity index (χ2v) is 7.46. The van der Waals surface area contributed by atoms with E-state index < -0.39 is 5.91 Å². The Kier molecular flexibility index (Phi) is 6.02. The van der Waals surface area contributed by atoms with Crippen LogP contribution in [-0.2, 0) is 11.2 Å². The van der Waals surface area contributed by atoms with Crippen LogP contribution >= 0.6 is 22.9 Å². The number of carbonyl (C=O) groups is 1. The third kappa shape index (κ3) is 5.04. The Bertz CT molecular complexity index is 1030. The van der Waals surface area contributed by atoms with Gasteiger partial charge in [0.15, 0.2) is 5.13 Å². The summed E-state index contributed by atoms with van der Waals surface area (Å²) in [6, 6.07) is 17.2. The molecule has 0 atom stereocenters. The Morgan fingerprint density at radius 1 is 1.26 bits per heavy atom. The van der Waals surface area contributed by atoms with Crippen LogP contribution in [0.3, 0.4) is 0 Å². The number of nitrogens with zero attached hydrogens (tertiary/aromatic N) is 2. The summed E-state index contributed by atoms with van der Waals surface area (Å²) in [5.41, 5.74) is 2.98. The molecule has 134 valence electrons. The van der Waals surface area contributed by atoms with E-state index in [0.717, 1.165) is 11.3 Å². The quantitative estimate of drug-likeness (QED) is 0.476. The van der Waals surface area contributed by atoms with Gasteiger partial charge in [-0.05, 0) is 30.2 Å². The fourth-order valence-corrected chi connectivity index (χ4v) is 3.45. The van der Waals surface area contributed by atoms with Crippen molar-refractivity contribution >= 4 is 40.1 Å². The van der Waals surface area contributed by atoms with Gasteiger partial charge >= 0.3 is 0 Å². The number of anilines is 1. The van der Waals surface area contributed by atoms with Crippen molar-refractivity contribution in [1.82, 2.24) is 4.98 Å². The molecule has 4 nitrogen and oxygen atoms in total. The van der Waals surface area contributed by atoms with Gasteiger partial charge in [-0.15, -0.1) is 11.3 Å². The number of thiazole rings is 1. The molecule has 0 aliphatic heterocycles. The van der Waals surface area contributed by atoms with Crippen LogP contribution in [0.4, 0.5) is 5.13 Å². The highest BCUT2D eigenvalue weighted by Gasteiger charge is 2.13. The number of nitriles is 1. The molecule has 0 fully saturated rings. The van der Waals surface area contributed by atoms with Crippen LogP contribution in [0.1, 0.15) is 21.6 Å². The van der Waals surface area contributed by atoms with Crippen LogP contribution < -0.4 is 5.32 Å². The Hall–Kier alpha value is -2.94. The van der Waals surface area contributed by atoms with Crippen molar-refractivity contribution in [1.29, 1.82) is 5.26 Å². The average Bonchev–Trinajstić information content (AvgIpc) is 3.09. The zero-order valence-corrected chi connectivity index (χ0v) is 16.1. The largest absolute Gasteiger partial charge is 0.297 e. The Balaban J connectivity index is 1.70. The summed E-state index contributed by atoms with van der Waals surface area (Å²) >= 11 is 7.48. The number of amides is 1. The van der Waals surface area contributed by atoms with Crippen LogP contribution in [0.5, 0.6) is 0 Å². The molecule has 6 heteroatoms. The Morgan fingerprint density at radius 3 is 2.70 bits per heavy atom. The van der Waals surface area contributed by atoms with E-state index in [9.17, 15) is 10.1 Å². The van der Waals surface area contributed by atoms with Gasteiger partial charge in [-0.25, -0.2) is 4.98 Å². The molecule has 27 heavy (non-hydrogen) atoms. The molecule has 3 rings (SSSR count). The summed E-state index contributed by atoms with van der Waals surface area (Å²) in [5, 5.41) is 12.9. The summed E-state index contributed by atoms with van der Waals surface area (Å²) in [6.07, 6.45) is 3.96. The summed E-state index contributed by atoms with van der Waals surface area (Å²) < 4.78 is 0. The monoisotopic (exact) mass is 393 g/mol. The van der Waals surface area contributed by atoms with Crippen molar-refractivity contribution in [2.24, 2.45) is 0 Å². The lowest BCUT2D eigenvalue weighted by Crippen LogP contribution is -2.13. The zero-order chi connectivity index (χ0) is 19.2. The van der Waals surface area contributed by atoms with Gasteiger partial charge in [0.2, 0.25) is 0 Å². The standard InChI is InChI=1S/C21H16ClN3OS/c1-14-6-8-15(9-7-14)10-18-13-24-21(27-18)25-20(26)17(12-23)11-16-4-2-3-5-19(16)22/h2-9,11,13H,10H2,1H3,(H,24,25,26)/b17-11-. The first-order valence-electron chi connectivity index (χ1n) is 8.23. The van der Waals surface area contributed by atoms with Crippen LogP contribution in [0.25, 0.3) is 6.08 Å². The first-order chi connectivity index (χ1) is 13.0. The fourth-order valence-electron chi connectivity index (χ4n) is 2.41. The van der Waals surface area contributed by atoms with Crippen LogP contribution in [0, 0.1) is 18.3 Å². The molecule has 3 aromatic rings. The predicted molar refractivity (Wildman–Crippen MR) is 110 cm³/mol. The molecule has 0 radical (unpaired) electrons. The maximum atomic E-state index is 12.4. The number of nitrogens with one attached hydrogen (secondary N) is 1. The summed E-state index contributed by atoms with van der Waals surface area (Å²) in [4.78, 5) is 17.7. The van der Waals surface area contributed by atoms with E-state index in [1.807, 2.05) is 13.0 Å². The lowest BCUT2D eigenvalue weighted by molar-refractivity contribution is -0.112. The van der Waals surface area contributed by atoms with Gasteiger partial charge in [0.1, 0.15) is 11.6 Å². The SMILES string of the molecule is Cc1ccc(Cc2cnc(NC(=O)/C(C#N)=C\c3ccccc3Cl)s2)cc1. The second-order valence-electron chi connectivity index (χ2n) is 5.94. The van der Waals surface area contributed by atoms with Gasteiger partial charge < -0.3 is 0 Å².